The van der Waals surface area contributed by atoms with Gasteiger partial charge in [0, 0.05) is 6.04 Å². The molecule has 2 atom stereocenters. The van der Waals surface area contributed by atoms with Crippen LogP contribution in [-0.4, -0.2) is 22.1 Å². The number of rotatable bonds is 3. The summed E-state index contributed by atoms with van der Waals surface area (Å²) in [6, 6.07) is 0.157. The second kappa shape index (κ2) is 5.40. The van der Waals surface area contributed by atoms with Crippen LogP contribution in [0.1, 0.15) is 38.3 Å². The number of nitrogens with two attached hydrogens (primary N) is 1. The van der Waals surface area contributed by atoms with Crippen molar-refractivity contribution in [1.29, 1.82) is 0 Å². The van der Waals surface area contributed by atoms with Crippen LogP contribution in [0.2, 0.25) is 0 Å². The summed E-state index contributed by atoms with van der Waals surface area (Å²) in [5, 5.41) is 0. The van der Waals surface area contributed by atoms with Crippen molar-refractivity contribution in [2.45, 2.75) is 51.2 Å². The lowest BCUT2D eigenvalue weighted by molar-refractivity contribution is 0.131. The molecule has 5 heteroatoms. The highest BCUT2D eigenvalue weighted by atomic mass is 19.1. The molecule has 0 radical (unpaired) electrons. The highest BCUT2D eigenvalue weighted by molar-refractivity contribution is 5.17. The smallest absolute Gasteiger partial charge is 0.254 e. The van der Waals surface area contributed by atoms with Gasteiger partial charge in [0.25, 0.3) is 5.88 Å². The third-order valence-corrected chi connectivity index (χ3v) is 3.11. The summed E-state index contributed by atoms with van der Waals surface area (Å²) in [6.07, 6.45) is 5.59. The predicted octanol–water partition coefficient (Wildman–Crippen LogP) is 1.83. The summed E-state index contributed by atoms with van der Waals surface area (Å²) in [6.45, 7) is 1.85. The molecule has 0 spiro atoms. The number of aromatic nitrogens is 2. The molecule has 94 valence electrons. The van der Waals surface area contributed by atoms with Gasteiger partial charge in [-0.2, -0.15) is 9.37 Å². The highest BCUT2D eigenvalue weighted by Crippen LogP contribution is 2.24. The first kappa shape index (κ1) is 12.2. The van der Waals surface area contributed by atoms with Crippen LogP contribution in [0, 0.1) is 5.82 Å². The van der Waals surface area contributed by atoms with Gasteiger partial charge >= 0.3 is 0 Å². The van der Waals surface area contributed by atoms with E-state index in [0.29, 0.717) is 12.1 Å². The molecule has 1 saturated carbocycles. The molecule has 1 aliphatic carbocycles. The zero-order valence-electron chi connectivity index (χ0n) is 10.0. The molecule has 0 bridgehead atoms. The average Bonchev–Trinajstić information content (AvgIpc) is 2.32. The van der Waals surface area contributed by atoms with Gasteiger partial charge in [-0.05, 0) is 32.1 Å². The van der Waals surface area contributed by atoms with E-state index in [-0.39, 0.29) is 18.0 Å². The molecule has 1 fully saturated rings. The first-order chi connectivity index (χ1) is 8.20. The van der Waals surface area contributed by atoms with E-state index in [0.717, 1.165) is 25.7 Å². The number of ether oxygens (including phenoxy) is 1. The van der Waals surface area contributed by atoms with Crippen LogP contribution in [0.4, 0.5) is 4.39 Å². The molecule has 17 heavy (non-hydrogen) atoms. The van der Waals surface area contributed by atoms with Gasteiger partial charge in [-0.3, -0.25) is 0 Å². The van der Waals surface area contributed by atoms with Crippen LogP contribution in [0.15, 0.2) is 6.33 Å². The lowest BCUT2D eigenvalue weighted by atomic mass is 9.94. The lowest BCUT2D eigenvalue weighted by Crippen LogP contribution is -2.34. The second-order valence-electron chi connectivity index (χ2n) is 4.46. The van der Waals surface area contributed by atoms with Crippen LogP contribution in [0.25, 0.3) is 0 Å². The molecule has 0 amide bonds. The zero-order chi connectivity index (χ0) is 12.3. The molecule has 1 heterocycles. The van der Waals surface area contributed by atoms with Crippen molar-refractivity contribution >= 4 is 0 Å². The number of halogens is 1. The van der Waals surface area contributed by atoms with E-state index in [1.54, 1.807) is 0 Å². The Morgan fingerprint density at radius 1 is 1.47 bits per heavy atom. The summed E-state index contributed by atoms with van der Waals surface area (Å²) in [4.78, 5) is 7.73. The molecule has 2 rings (SSSR count). The Morgan fingerprint density at radius 2 is 2.29 bits per heavy atom. The standard InChI is InChI=1S/C12H18FN3O/c1-2-10-11(13)12(16-7-15-10)17-9-5-3-4-8(14)6-9/h7-9H,2-6,14H2,1H3. The number of aryl methyl sites for hydroxylation is 1. The van der Waals surface area contributed by atoms with Crippen molar-refractivity contribution in [3.8, 4) is 5.88 Å². The van der Waals surface area contributed by atoms with Gasteiger partial charge in [-0.1, -0.05) is 6.92 Å². The Bertz CT molecular complexity index is 386. The van der Waals surface area contributed by atoms with Crippen molar-refractivity contribution in [2.75, 3.05) is 0 Å². The van der Waals surface area contributed by atoms with Gasteiger partial charge in [-0.15, -0.1) is 0 Å². The van der Waals surface area contributed by atoms with Crippen molar-refractivity contribution in [3.05, 3.63) is 17.8 Å². The van der Waals surface area contributed by atoms with E-state index in [9.17, 15) is 4.39 Å². The third kappa shape index (κ3) is 2.91. The summed E-state index contributed by atoms with van der Waals surface area (Å²) in [7, 11) is 0. The molecule has 2 N–H and O–H groups in total. The monoisotopic (exact) mass is 239 g/mol. The Morgan fingerprint density at radius 3 is 3.00 bits per heavy atom. The van der Waals surface area contributed by atoms with Gasteiger partial charge in [0.15, 0.2) is 0 Å². The minimum atomic E-state index is -0.436. The second-order valence-corrected chi connectivity index (χ2v) is 4.46. The van der Waals surface area contributed by atoms with E-state index in [4.69, 9.17) is 10.5 Å². The molecule has 0 saturated heterocycles. The number of hydrogen-bond donors (Lipinski definition) is 1. The van der Waals surface area contributed by atoms with E-state index in [1.165, 1.54) is 6.33 Å². The Hall–Kier alpha value is -1.23. The third-order valence-electron chi connectivity index (χ3n) is 3.11. The summed E-state index contributed by atoms with van der Waals surface area (Å²) in [5.41, 5.74) is 6.26. The van der Waals surface area contributed by atoms with Gasteiger partial charge in [0.2, 0.25) is 5.82 Å². The minimum Gasteiger partial charge on any atom is -0.472 e. The highest BCUT2D eigenvalue weighted by Gasteiger charge is 2.23. The Balaban J connectivity index is 2.07. The molecule has 4 nitrogen and oxygen atoms in total. The fourth-order valence-electron chi connectivity index (χ4n) is 2.16. The molecule has 1 aliphatic rings. The van der Waals surface area contributed by atoms with Crippen molar-refractivity contribution in [1.82, 2.24) is 9.97 Å². The fourth-order valence-corrected chi connectivity index (χ4v) is 2.16. The van der Waals surface area contributed by atoms with E-state index in [2.05, 4.69) is 9.97 Å². The van der Waals surface area contributed by atoms with Crippen LogP contribution in [0.5, 0.6) is 5.88 Å². The van der Waals surface area contributed by atoms with Gasteiger partial charge in [-0.25, -0.2) is 4.98 Å². The largest absolute Gasteiger partial charge is 0.472 e. The topological polar surface area (TPSA) is 61.0 Å². The SMILES string of the molecule is CCc1ncnc(OC2CCCC(N)C2)c1F. The molecule has 2 unspecified atom stereocenters. The molecular weight excluding hydrogens is 221 g/mol. The predicted molar refractivity (Wildman–Crippen MR) is 62.2 cm³/mol. The van der Waals surface area contributed by atoms with Crippen LogP contribution in [0.3, 0.4) is 0 Å². The lowest BCUT2D eigenvalue weighted by Gasteiger charge is -2.26. The van der Waals surface area contributed by atoms with Gasteiger partial charge < -0.3 is 10.5 Å². The first-order valence-electron chi connectivity index (χ1n) is 6.12. The van der Waals surface area contributed by atoms with Crippen molar-refractivity contribution in [3.63, 3.8) is 0 Å². The maximum atomic E-state index is 13.8. The quantitative estimate of drug-likeness (QED) is 0.874. The maximum Gasteiger partial charge on any atom is 0.254 e. The van der Waals surface area contributed by atoms with Crippen LogP contribution < -0.4 is 10.5 Å². The zero-order valence-corrected chi connectivity index (χ0v) is 10.0. The van der Waals surface area contributed by atoms with Crippen molar-refractivity contribution in [2.24, 2.45) is 5.73 Å². The normalized spacial score (nSPS) is 24.6. The molecule has 1 aromatic rings. The Kier molecular flexibility index (Phi) is 3.89. The maximum absolute atomic E-state index is 13.8. The fraction of sp³-hybridized carbons (Fsp3) is 0.667. The van der Waals surface area contributed by atoms with E-state index in [1.807, 2.05) is 6.92 Å². The summed E-state index contributed by atoms with van der Waals surface area (Å²) in [5.74, 6) is -0.370. The number of nitrogens with zero attached hydrogens (tertiary/aromatic N) is 2. The van der Waals surface area contributed by atoms with E-state index < -0.39 is 5.82 Å². The van der Waals surface area contributed by atoms with Crippen LogP contribution >= 0.6 is 0 Å². The van der Waals surface area contributed by atoms with Crippen LogP contribution in [-0.2, 0) is 6.42 Å². The van der Waals surface area contributed by atoms with E-state index >= 15 is 0 Å². The Labute approximate surface area is 100 Å². The van der Waals surface area contributed by atoms with Gasteiger partial charge in [0.1, 0.15) is 12.4 Å². The molecular formula is C12H18FN3O. The first-order valence-corrected chi connectivity index (χ1v) is 6.12. The average molecular weight is 239 g/mol. The van der Waals surface area contributed by atoms with Crippen molar-refractivity contribution < 1.29 is 9.13 Å². The number of hydrogen-bond acceptors (Lipinski definition) is 4. The molecule has 0 aromatic carbocycles. The summed E-state index contributed by atoms with van der Waals surface area (Å²) >= 11 is 0. The van der Waals surface area contributed by atoms with Gasteiger partial charge in [0.05, 0.1) is 5.69 Å². The summed E-state index contributed by atoms with van der Waals surface area (Å²) < 4.78 is 19.4. The molecule has 1 aromatic heterocycles. The molecule has 0 aliphatic heterocycles. The minimum absolute atomic E-state index is 0.0205.